The van der Waals surface area contributed by atoms with Crippen molar-refractivity contribution in [2.24, 2.45) is 5.92 Å². The maximum Gasteiger partial charge on any atom is 0.325 e. The van der Waals surface area contributed by atoms with E-state index in [9.17, 15) is 9.59 Å². The lowest BCUT2D eigenvalue weighted by atomic mass is 9.92. The summed E-state index contributed by atoms with van der Waals surface area (Å²) in [6, 6.07) is 3.37. The first kappa shape index (κ1) is 16.6. The van der Waals surface area contributed by atoms with E-state index >= 15 is 0 Å². The minimum atomic E-state index is -0.863. The summed E-state index contributed by atoms with van der Waals surface area (Å²) in [5.74, 6) is 0.929. The third kappa shape index (κ3) is 3.19. The zero-order chi connectivity index (χ0) is 17.3. The maximum atomic E-state index is 12.6. The fourth-order valence-corrected chi connectivity index (χ4v) is 3.25. The average Bonchev–Trinajstić information content (AvgIpc) is 3.23. The summed E-state index contributed by atoms with van der Waals surface area (Å²) >= 11 is 1.50. The Labute approximate surface area is 144 Å². The fourth-order valence-electron chi connectivity index (χ4n) is 2.60. The molecule has 1 atom stereocenters. The molecule has 2 aromatic rings. The lowest BCUT2D eigenvalue weighted by Gasteiger charge is -2.22. The van der Waals surface area contributed by atoms with Gasteiger partial charge in [-0.1, -0.05) is 25.1 Å². The smallest absolute Gasteiger partial charge is 0.325 e. The molecule has 0 aromatic carbocycles. The van der Waals surface area contributed by atoms with E-state index in [1.807, 2.05) is 17.5 Å². The van der Waals surface area contributed by atoms with Crippen molar-refractivity contribution in [1.82, 2.24) is 20.4 Å². The number of rotatable bonds is 6. The SMILES string of the molecule is CC(C)CCC1(C)NC(=O)N(Cc2nc(-c3cccs3)no2)C1=O. The lowest BCUT2D eigenvalue weighted by molar-refractivity contribution is -0.131. The van der Waals surface area contributed by atoms with Crippen molar-refractivity contribution in [3.63, 3.8) is 0 Å². The van der Waals surface area contributed by atoms with Gasteiger partial charge in [0.05, 0.1) is 4.88 Å². The van der Waals surface area contributed by atoms with E-state index in [2.05, 4.69) is 29.3 Å². The number of nitrogens with zero attached hydrogens (tertiary/aromatic N) is 3. The standard InChI is InChI=1S/C16H20N4O3S/c1-10(2)6-7-16(3)14(21)20(15(22)18-16)9-12-17-13(19-23-12)11-5-4-8-24-11/h4-5,8,10H,6-7,9H2,1-3H3,(H,18,22). The molecule has 3 heterocycles. The largest absolute Gasteiger partial charge is 0.337 e. The first-order chi connectivity index (χ1) is 11.4. The molecular weight excluding hydrogens is 328 g/mol. The molecule has 24 heavy (non-hydrogen) atoms. The molecule has 1 saturated heterocycles. The Hall–Kier alpha value is -2.22. The molecule has 1 unspecified atom stereocenters. The van der Waals surface area contributed by atoms with Crippen LogP contribution in [0.3, 0.4) is 0 Å². The van der Waals surface area contributed by atoms with Crippen molar-refractivity contribution in [2.75, 3.05) is 0 Å². The van der Waals surface area contributed by atoms with E-state index in [0.717, 1.165) is 16.2 Å². The molecule has 2 aromatic heterocycles. The Morgan fingerprint density at radius 1 is 1.42 bits per heavy atom. The summed E-state index contributed by atoms with van der Waals surface area (Å²) in [4.78, 5) is 31.1. The van der Waals surface area contributed by atoms with Crippen LogP contribution >= 0.6 is 11.3 Å². The van der Waals surface area contributed by atoms with Gasteiger partial charge in [0.2, 0.25) is 11.7 Å². The number of aromatic nitrogens is 2. The van der Waals surface area contributed by atoms with Crippen LogP contribution in [0.25, 0.3) is 10.7 Å². The van der Waals surface area contributed by atoms with Gasteiger partial charge in [-0.05, 0) is 37.1 Å². The topological polar surface area (TPSA) is 88.3 Å². The normalized spacial score (nSPS) is 20.9. The number of nitrogens with one attached hydrogen (secondary N) is 1. The van der Waals surface area contributed by atoms with Gasteiger partial charge in [-0.3, -0.25) is 9.69 Å². The molecule has 0 bridgehead atoms. The van der Waals surface area contributed by atoms with Crippen LogP contribution in [0.1, 0.15) is 39.5 Å². The van der Waals surface area contributed by atoms with Gasteiger partial charge in [0.25, 0.3) is 5.91 Å². The first-order valence-electron chi connectivity index (χ1n) is 7.89. The van der Waals surface area contributed by atoms with Crippen molar-refractivity contribution < 1.29 is 14.1 Å². The van der Waals surface area contributed by atoms with Crippen LogP contribution in [0.5, 0.6) is 0 Å². The van der Waals surface area contributed by atoms with Gasteiger partial charge < -0.3 is 9.84 Å². The Balaban J connectivity index is 1.71. The predicted octanol–water partition coefficient (Wildman–Crippen LogP) is 3.04. The Kier molecular flexibility index (Phi) is 4.40. The average molecular weight is 348 g/mol. The van der Waals surface area contributed by atoms with E-state index in [1.165, 1.54) is 11.3 Å². The lowest BCUT2D eigenvalue weighted by Crippen LogP contribution is -2.44. The molecule has 3 amide bonds. The van der Waals surface area contributed by atoms with Gasteiger partial charge in [-0.25, -0.2) is 4.79 Å². The zero-order valence-corrected chi connectivity index (χ0v) is 14.7. The number of urea groups is 1. The fraction of sp³-hybridized carbons (Fsp3) is 0.500. The van der Waals surface area contributed by atoms with E-state index < -0.39 is 11.6 Å². The summed E-state index contributed by atoms with van der Waals surface area (Å²) in [7, 11) is 0. The molecule has 1 N–H and O–H groups in total. The van der Waals surface area contributed by atoms with E-state index in [1.54, 1.807) is 6.92 Å². The van der Waals surface area contributed by atoms with E-state index in [0.29, 0.717) is 18.2 Å². The number of thiophene rings is 1. The van der Waals surface area contributed by atoms with Gasteiger partial charge >= 0.3 is 6.03 Å². The summed E-state index contributed by atoms with van der Waals surface area (Å²) in [6.07, 6.45) is 1.47. The van der Waals surface area contributed by atoms with Crippen LogP contribution in [-0.4, -0.2) is 32.5 Å². The molecule has 8 heteroatoms. The van der Waals surface area contributed by atoms with Crippen LogP contribution in [0.15, 0.2) is 22.0 Å². The highest BCUT2D eigenvalue weighted by molar-refractivity contribution is 7.13. The monoisotopic (exact) mass is 348 g/mol. The summed E-state index contributed by atoms with van der Waals surface area (Å²) in [5, 5.41) is 8.61. The molecule has 0 saturated carbocycles. The molecule has 1 aliphatic rings. The second-order valence-electron chi connectivity index (χ2n) is 6.58. The molecule has 7 nitrogen and oxygen atoms in total. The van der Waals surface area contributed by atoms with Crippen LogP contribution in [0.2, 0.25) is 0 Å². The summed E-state index contributed by atoms with van der Waals surface area (Å²) in [5.41, 5.74) is -0.863. The highest BCUT2D eigenvalue weighted by Gasteiger charge is 2.47. The minimum Gasteiger partial charge on any atom is -0.337 e. The van der Waals surface area contributed by atoms with Crippen LogP contribution < -0.4 is 5.32 Å². The van der Waals surface area contributed by atoms with Crippen molar-refractivity contribution in [1.29, 1.82) is 0 Å². The summed E-state index contributed by atoms with van der Waals surface area (Å²) < 4.78 is 5.19. The van der Waals surface area contributed by atoms with Gasteiger partial charge in [0, 0.05) is 0 Å². The Morgan fingerprint density at radius 3 is 2.88 bits per heavy atom. The van der Waals surface area contributed by atoms with Crippen molar-refractivity contribution in [3.8, 4) is 10.7 Å². The molecule has 1 fully saturated rings. The molecule has 1 aliphatic heterocycles. The highest BCUT2D eigenvalue weighted by atomic mass is 32.1. The number of carbonyl (C=O) groups is 2. The van der Waals surface area contributed by atoms with E-state index in [4.69, 9.17) is 4.52 Å². The van der Waals surface area contributed by atoms with Crippen molar-refractivity contribution in [2.45, 2.75) is 45.7 Å². The number of hydrogen-bond donors (Lipinski definition) is 1. The molecular formula is C16H20N4O3S. The van der Waals surface area contributed by atoms with Crippen molar-refractivity contribution in [3.05, 3.63) is 23.4 Å². The second kappa shape index (κ2) is 6.35. The van der Waals surface area contributed by atoms with Crippen LogP contribution in [0, 0.1) is 5.92 Å². The third-order valence-electron chi connectivity index (χ3n) is 4.07. The predicted molar refractivity (Wildman–Crippen MR) is 89.2 cm³/mol. The van der Waals surface area contributed by atoms with Crippen molar-refractivity contribution >= 4 is 23.3 Å². The number of carbonyl (C=O) groups excluding carboxylic acids is 2. The zero-order valence-electron chi connectivity index (χ0n) is 13.9. The molecule has 0 aliphatic carbocycles. The molecule has 0 spiro atoms. The first-order valence-corrected chi connectivity index (χ1v) is 8.77. The van der Waals surface area contributed by atoms with Gasteiger partial charge in [0.15, 0.2) is 0 Å². The van der Waals surface area contributed by atoms with Crippen LogP contribution in [0.4, 0.5) is 4.79 Å². The van der Waals surface area contributed by atoms with Gasteiger partial charge in [-0.2, -0.15) is 4.98 Å². The van der Waals surface area contributed by atoms with E-state index in [-0.39, 0.29) is 18.3 Å². The Morgan fingerprint density at radius 2 is 2.21 bits per heavy atom. The minimum absolute atomic E-state index is 0.0136. The number of amides is 3. The quantitative estimate of drug-likeness (QED) is 0.811. The molecule has 128 valence electrons. The number of hydrogen-bond acceptors (Lipinski definition) is 6. The highest BCUT2D eigenvalue weighted by Crippen LogP contribution is 2.26. The van der Waals surface area contributed by atoms with Gasteiger partial charge in [-0.15, -0.1) is 11.3 Å². The Bertz CT molecular complexity index is 740. The maximum absolute atomic E-state index is 12.6. The molecule has 0 radical (unpaired) electrons. The molecule has 3 rings (SSSR count). The van der Waals surface area contributed by atoms with Crippen LogP contribution in [-0.2, 0) is 11.3 Å². The summed E-state index contributed by atoms with van der Waals surface area (Å²) in [6.45, 7) is 5.93. The van der Waals surface area contributed by atoms with Gasteiger partial charge in [0.1, 0.15) is 12.1 Å². The second-order valence-corrected chi connectivity index (χ2v) is 7.52. The number of imide groups is 1. The third-order valence-corrected chi connectivity index (χ3v) is 4.94.